The van der Waals surface area contributed by atoms with E-state index in [0.29, 0.717) is 116 Å². The number of aromatic nitrogens is 8. The third-order valence-electron chi connectivity index (χ3n) is 12.0. The molecule has 6 aromatic rings. The topological polar surface area (TPSA) is 259 Å². The predicted molar refractivity (Wildman–Crippen MR) is 257 cm³/mol. The number of benzene rings is 2. The van der Waals surface area contributed by atoms with Gasteiger partial charge in [0.15, 0.2) is 0 Å². The highest BCUT2D eigenvalue weighted by atomic mass is 16.5. The Kier molecular flexibility index (Phi) is 15.6. The molecule has 22 heteroatoms. The maximum Gasteiger partial charge on any atom is 0.276 e. The number of allylic oxidation sites excluding steroid dienone is 2. The van der Waals surface area contributed by atoms with E-state index >= 15 is 0 Å². The van der Waals surface area contributed by atoms with Crippen LogP contribution in [0.5, 0.6) is 11.5 Å². The van der Waals surface area contributed by atoms with E-state index in [0.717, 1.165) is 39.3 Å². The zero-order valence-corrected chi connectivity index (χ0v) is 39.3. The number of hydrogen-bond donors (Lipinski definition) is 4. The number of carbonyl (C=O) groups excluding carboxylic acids is 4. The van der Waals surface area contributed by atoms with Crippen molar-refractivity contribution in [2.45, 2.75) is 59.8 Å². The molecule has 4 amide bonds. The third-order valence-corrected chi connectivity index (χ3v) is 12.0. The second-order valence-electron chi connectivity index (χ2n) is 16.7. The van der Waals surface area contributed by atoms with Crippen LogP contribution in [0.15, 0.2) is 54.7 Å². The fraction of sp³-hybridized carbons (Fsp3) is 0.447. The fourth-order valence-electron chi connectivity index (χ4n) is 8.54. The van der Waals surface area contributed by atoms with Crippen molar-refractivity contribution in [1.82, 2.24) is 48.5 Å². The molecule has 2 saturated heterocycles. The average Bonchev–Trinajstić information content (AvgIpc) is 4.15. The van der Waals surface area contributed by atoms with E-state index in [2.05, 4.69) is 30.6 Å². The summed E-state index contributed by atoms with van der Waals surface area (Å²) in [6.45, 7) is 15.2. The lowest BCUT2D eigenvalue weighted by atomic mass is 10.1. The van der Waals surface area contributed by atoms with Gasteiger partial charge in [-0.25, -0.2) is 9.97 Å². The Morgan fingerprint density at radius 2 is 1.16 bits per heavy atom. The molecule has 0 atom stereocenters. The van der Waals surface area contributed by atoms with Crippen LogP contribution >= 0.6 is 0 Å². The number of nitrogens with zero attached hydrogens (tertiary/aromatic N) is 10. The van der Waals surface area contributed by atoms with Crippen molar-refractivity contribution < 1.29 is 38.1 Å². The van der Waals surface area contributed by atoms with Crippen LogP contribution in [0, 0.1) is 6.92 Å². The van der Waals surface area contributed by atoms with E-state index in [4.69, 9.17) is 40.4 Å². The van der Waals surface area contributed by atoms with Gasteiger partial charge in [-0.2, -0.15) is 10.2 Å². The van der Waals surface area contributed by atoms with Gasteiger partial charge >= 0.3 is 0 Å². The molecule has 0 saturated carbocycles. The summed E-state index contributed by atoms with van der Waals surface area (Å²) in [6, 6.07) is 9.68. The molecule has 4 aromatic heterocycles. The third kappa shape index (κ3) is 11.4. The number of aryl methyl sites for hydroxylation is 3. The van der Waals surface area contributed by atoms with Crippen LogP contribution in [0.1, 0.15) is 74.1 Å². The first-order chi connectivity index (χ1) is 33.5. The van der Waals surface area contributed by atoms with E-state index in [1.54, 1.807) is 61.1 Å². The minimum Gasteiger partial charge on any atom is -0.491 e. The Hall–Kier alpha value is -7.14. The van der Waals surface area contributed by atoms with Crippen molar-refractivity contribution in [3.05, 3.63) is 83.0 Å². The monoisotopic (exact) mass is 948 g/mol. The number of nitrogens with two attached hydrogens (primary N) is 2. The maximum atomic E-state index is 13.9. The van der Waals surface area contributed by atoms with Crippen LogP contribution in [0.25, 0.3) is 22.1 Å². The van der Waals surface area contributed by atoms with Crippen molar-refractivity contribution >= 4 is 57.6 Å². The standard InChI is InChI=1S/C47H60N14O8/c1-4-60-36(10-11-50-60)44(64)53-46-51-34-27-32(42(48)62)29-38(68-20-8-12-56-16-22-66-23-17-56)40(34)58(46)14-6-7-15-59-41-35(52-47(59)54-45(65)37-26-31(3)55-61(37)5-2)28-33(43(49)63)30-39(41)69-21-9-13-57-18-24-67-25-19-57/h6-7,10-11,26-30H,4-5,8-9,12-25H2,1-3H3,(H2,48,62)(H2,49,63)(H,51,53,64)(H,52,54,65)/b7-6+. The second-order valence-corrected chi connectivity index (χ2v) is 16.7. The number of morpholine rings is 2. The Morgan fingerprint density at radius 1 is 0.681 bits per heavy atom. The summed E-state index contributed by atoms with van der Waals surface area (Å²) in [5, 5.41) is 14.7. The van der Waals surface area contributed by atoms with Gasteiger partial charge in [-0.3, -0.25) is 49.0 Å². The molecule has 0 radical (unpaired) electrons. The van der Waals surface area contributed by atoms with E-state index < -0.39 is 23.6 Å². The van der Waals surface area contributed by atoms with Crippen LogP contribution < -0.4 is 31.6 Å². The minimum absolute atomic E-state index is 0.166. The van der Waals surface area contributed by atoms with Crippen LogP contribution in [-0.2, 0) is 35.7 Å². The first-order valence-corrected chi connectivity index (χ1v) is 23.4. The summed E-state index contributed by atoms with van der Waals surface area (Å²) in [4.78, 5) is 67.2. The van der Waals surface area contributed by atoms with Gasteiger partial charge in [-0.05, 0) is 70.0 Å². The van der Waals surface area contributed by atoms with Gasteiger partial charge < -0.3 is 39.5 Å². The van der Waals surface area contributed by atoms with Gasteiger partial charge in [-0.1, -0.05) is 12.2 Å². The van der Waals surface area contributed by atoms with Crippen LogP contribution in [-0.4, -0.2) is 151 Å². The molecular formula is C47H60N14O8. The molecule has 22 nitrogen and oxygen atoms in total. The van der Waals surface area contributed by atoms with Crippen LogP contribution in [0.4, 0.5) is 11.9 Å². The minimum atomic E-state index is -0.657. The quantitative estimate of drug-likeness (QED) is 0.0563. The van der Waals surface area contributed by atoms with Crippen molar-refractivity contribution in [3.8, 4) is 11.5 Å². The molecule has 2 fully saturated rings. The zero-order valence-electron chi connectivity index (χ0n) is 39.3. The lowest BCUT2D eigenvalue weighted by Gasteiger charge is -2.26. The molecule has 0 unspecified atom stereocenters. The molecule has 8 rings (SSSR count). The van der Waals surface area contributed by atoms with Gasteiger partial charge in [0, 0.05) is 82.8 Å². The number of primary amides is 2. The summed E-state index contributed by atoms with van der Waals surface area (Å²) in [5.74, 6) is -1.04. The lowest BCUT2D eigenvalue weighted by Crippen LogP contribution is -2.37. The largest absolute Gasteiger partial charge is 0.491 e. The normalized spacial score (nSPS) is 14.8. The molecule has 2 aromatic carbocycles. The summed E-state index contributed by atoms with van der Waals surface area (Å²) in [7, 11) is 0. The SMILES string of the molecule is CCn1nccc1C(=O)Nc1nc2cc(C(N)=O)cc(OCCCN3CCOCC3)c2n1C/C=C/Cn1c(NC(=O)c2cc(C)nn2CC)nc2cc(C(N)=O)cc(OCCCN3CCOCC3)c21. The Balaban J connectivity index is 1.14. The van der Waals surface area contributed by atoms with Gasteiger partial charge in [0.05, 0.1) is 56.4 Å². The average molecular weight is 949 g/mol. The molecule has 0 spiro atoms. The first-order valence-electron chi connectivity index (χ1n) is 23.4. The number of imidazole rings is 2. The number of carbonyl (C=O) groups is 4. The number of fused-ring (bicyclic) bond motifs is 2. The second kappa shape index (κ2) is 22.3. The lowest BCUT2D eigenvalue weighted by molar-refractivity contribution is 0.0357. The fourth-order valence-corrected chi connectivity index (χ4v) is 8.54. The molecule has 0 bridgehead atoms. The smallest absolute Gasteiger partial charge is 0.276 e. The van der Waals surface area contributed by atoms with Gasteiger partial charge in [-0.15, -0.1) is 0 Å². The highest BCUT2D eigenvalue weighted by Crippen LogP contribution is 2.33. The molecule has 6 heterocycles. The summed E-state index contributed by atoms with van der Waals surface area (Å²) >= 11 is 0. The van der Waals surface area contributed by atoms with E-state index in [9.17, 15) is 19.2 Å². The van der Waals surface area contributed by atoms with Crippen molar-refractivity contribution in [2.24, 2.45) is 11.5 Å². The van der Waals surface area contributed by atoms with Crippen molar-refractivity contribution in [2.75, 3.05) is 89.5 Å². The Morgan fingerprint density at radius 3 is 1.62 bits per heavy atom. The van der Waals surface area contributed by atoms with E-state index in [1.807, 2.05) is 32.9 Å². The Labute approximate surface area is 398 Å². The van der Waals surface area contributed by atoms with Crippen LogP contribution in [0.3, 0.4) is 0 Å². The summed E-state index contributed by atoms with van der Waals surface area (Å²) < 4.78 is 30.6. The predicted octanol–water partition coefficient (Wildman–Crippen LogP) is 3.29. The zero-order chi connectivity index (χ0) is 48.4. The molecule has 366 valence electrons. The highest BCUT2D eigenvalue weighted by molar-refractivity contribution is 6.05. The van der Waals surface area contributed by atoms with Crippen molar-refractivity contribution in [3.63, 3.8) is 0 Å². The number of amides is 4. The molecule has 2 aliphatic heterocycles. The Bertz CT molecular complexity index is 2830. The van der Waals surface area contributed by atoms with E-state index in [1.165, 1.54) is 0 Å². The summed E-state index contributed by atoms with van der Waals surface area (Å²) in [5.41, 5.74) is 15.2. The number of ether oxygens (including phenoxy) is 4. The molecule has 0 aliphatic carbocycles. The van der Waals surface area contributed by atoms with Gasteiger partial charge in [0.1, 0.15) is 33.9 Å². The number of nitrogens with one attached hydrogen (secondary N) is 2. The number of hydrogen-bond acceptors (Lipinski definition) is 14. The number of rotatable bonds is 22. The number of anilines is 2. The summed E-state index contributed by atoms with van der Waals surface area (Å²) in [6.07, 6.45) is 6.73. The van der Waals surface area contributed by atoms with Gasteiger partial charge in [0.2, 0.25) is 23.7 Å². The maximum absolute atomic E-state index is 13.9. The van der Waals surface area contributed by atoms with E-state index in [-0.39, 0.29) is 36.1 Å². The molecular weight excluding hydrogens is 889 g/mol. The highest BCUT2D eigenvalue weighted by Gasteiger charge is 2.24. The molecule has 6 N–H and O–H groups in total. The van der Waals surface area contributed by atoms with Gasteiger partial charge in [0.25, 0.3) is 11.8 Å². The van der Waals surface area contributed by atoms with Crippen molar-refractivity contribution in [1.29, 1.82) is 0 Å². The molecule has 69 heavy (non-hydrogen) atoms. The molecule has 2 aliphatic rings. The van der Waals surface area contributed by atoms with Crippen LogP contribution in [0.2, 0.25) is 0 Å². The first kappa shape index (κ1) is 48.3.